The van der Waals surface area contributed by atoms with E-state index in [-0.39, 0.29) is 24.0 Å². The summed E-state index contributed by atoms with van der Waals surface area (Å²) in [6, 6.07) is 5.28. The first-order chi connectivity index (χ1) is 15.4. The van der Waals surface area contributed by atoms with Gasteiger partial charge in [-0.2, -0.15) is 0 Å². The summed E-state index contributed by atoms with van der Waals surface area (Å²) in [6.45, 7) is 6.60. The number of benzene rings is 1. The fourth-order valence-corrected chi connectivity index (χ4v) is 3.88. The first-order valence-corrected chi connectivity index (χ1v) is 11.4. The molecule has 0 aliphatic carbocycles. The summed E-state index contributed by atoms with van der Waals surface area (Å²) in [6.07, 6.45) is 0.0736. The summed E-state index contributed by atoms with van der Waals surface area (Å²) >= 11 is 1.41. The zero-order valence-corrected chi connectivity index (χ0v) is 19.7. The molecule has 1 aromatic carbocycles. The number of hydrogen-bond donors (Lipinski definition) is 2. The number of ether oxygens (including phenoxy) is 3. The molecule has 2 aromatic rings. The highest BCUT2D eigenvalue weighted by Gasteiger charge is 2.29. The van der Waals surface area contributed by atoms with Gasteiger partial charge in [0.2, 0.25) is 0 Å². The quantitative estimate of drug-likeness (QED) is 0.529. The molecule has 1 saturated heterocycles. The molecule has 1 aliphatic heterocycles. The summed E-state index contributed by atoms with van der Waals surface area (Å²) < 4.78 is 15.9. The van der Waals surface area contributed by atoms with Crippen molar-refractivity contribution >= 4 is 34.0 Å². The van der Waals surface area contributed by atoms with Gasteiger partial charge in [0.25, 0.3) is 11.8 Å². The minimum atomic E-state index is -0.367. The van der Waals surface area contributed by atoms with E-state index in [1.807, 2.05) is 19.9 Å². The van der Waals surface area contributed by atoms with Crippen LogP contribution in [0.4, 0.5) is 10.8 Å². The second kappa shape index (κ2) is 11.4. The lowest BCUT2D eigenvalue weighted by Crippen LogP contribution is -2.51. The van der Waals surface area contributed by atoms with Gasteiger partial charge in [-0.25, -0.2) is 4.98 Å². The molecule has 0 saturated carbocycles. The van der Waals surface area contributed by atoms with E-state index in [0.29, 0.717) is 36.7 Å². The summed E-state index contributed by atoms with van der Waals surface area (Å²) in [5.41, 5.74) is 1.93. The number of aromatic nitrogens is 1. The second-order valence-corrected chi connectivity index (χ2v) is 8.34. The predicted molar refractivity (Wildman–Crippen MR) is 124 cm³/mol. The Morgan fingerprint density at radius 3 is 2.75 bits per heavy atom. The highest BCUT2D eigenvalue weighted by atomic mass is 32.1. The Bertz CT molecular complexity index is 929. The molecule has 2 N–H and O–H groups in total. The zero-order chi connectivity index (χ0) is 23.1. The molecule has 0 bridgehead atoms. The lowest BCUT2D eigenvalue weighted by molar-refractivity contribution is 0.0787. The largest absolute Gasteiger partial charge is 0.380 e. The first-order valence-electron chi connectivity index (χ1n) is 10.5. The number of carbonyl (C=O) groups excluding carboxylic acids is 2. The van der Waals surface area contributed by atoms with Crippen LogP contribution in [-0.4, -0.2) is 69.5 Å². The Morgan fingerprint density at radius 2 is 2.06 bits per heavy atom. The van der Waals surface area contributed by atoms with Crippen LogP contribution in [0.15, 0.2) is 23.6 Å². The van der Waals surface area contributed by atoms with Gasteiger partial charge in [-0.1, -0.05) is 6.07 Å². The SMILES string of the molecule is CCOCc1ccc(NC(=O)c2csc(N3CC(OC)C3)n2)c(C(=O)NC[C@@H](C)OC)c1. The van der Waals surface area contributed by atoms with Crippen LogP contribution in [0.25, 0.3) is 0 Å². The number of nitrogens with one attached hydrogen (secondary N) is 2. The highest BCUT2D eigenvalue weighted by Crippen LogP contribution is 2.27. The Kier molecular flexibility index (Phi) is 8.57. The van der Waals surface area contributed by atoms with E-state index in [0.717, 1.165) is 23.8 Å². The van der Waals surface area contributed by atoms with E-state index in [9.17, 15) is 9.59 Å². The fraction of sp³-hybridized carbons (Fsp3) is 0.500. The summed E-state index contributed by atoms with van der Waals surface area (Å²) in [7, 11) is 3.27. The van der Waals surface area contributed by atoms with E-state index in [1.165, 1.54) is 11.3 Å². The van der Waals surface area contributed by atoms with Crippen LogP contribution in [-0.2, 0) is 20.8 Å². The Hall–Kier alpha value is -2.53. The third kappa shape index (κ3) is 6.04. The van der Waals surface area contributed by atoms with Crippen molar-refractivity contribution in [3.63, 3.8) is 0 Å². The maximum Gasteiger partial charge on any atom is 0.275 e. The Morgan fingerprint density at radius 1 is 1.28 bits per heavy atom. The van der Waals surface area contributed by atoms with Crippen LogP contribution in [0, 0.1) is 0 Å². The second-order valence-electron chi connectivity index (χ2n) is 7.51. The van der Waals surface area contributed by atoms with Crippen molar-refractivity contribution in [2.75, 3.05) is 50.7 Å². The molecule has 0 spiro atoms. The van der Waals surface area contributed by atoms with Crippen LogP contribution in [0.1, 0.15) is 40.3 Å². The maximum atomic E-state index is 12.8. The van der Waals surface area contributed by atoms with Crippen LogP contribution in [0.5, 0.6) is 0 Å². The normalized spacial score (nSPS) is 14.7. The molecule has 3 rings (SSSR count). The van der Waals surface area contributed by atoms with Crippen molar-refractivity contribution in [1.82, 2.24) is 10.3 Å². The topological polar surface area (TPSA) is 102 Å². The molecule has 1 aliphatic rings. The molecule has 174 valence electrons. The van der Waals surface area contributed by atoms with Gasteiger partial charge in [-0.15, -0.1) is 11.3 Å². The minimum Gasteiger partial charge on any atom is -0.380 e. The van der Waals surface area contributed by atoms with Gasteiger partial charge in [0.1, 0.15) is 5.69 Å². The summed E-state index contributed by atoms with van der Waals surface area (Å²) in [5, 5.41) is 8.17. The van der Waals surface area contributed by atoms with E-state index >= 15 is 0 Å². The van der Waals surface area contributed by atoms with Crippen LogP contribution < -0.4 is 15.5 Å². The average molecular weight is 463 g/mol. The highest BCUT2D eigenvalue weighted by molar-refractivity contribution is 7.14. The van der Waals surface area contributed by atoms with E-state index in [2.05, 4.69) is 20.5 Å². The molecule has 2 heterocycles. The first kappa shape index (κ1) is 24.1. The van der Waals surface area contributed by atoms with Gasteiger partial charge in [-0.05, 0) is 31.5 Å². The van der Waals surface area contributed by atoms with Crippen molar-refractivity contribution < 1.29 is 23.8 Å². The standard InChI is InChI=1S/C22H30N4O5S/c1-5-31-12-15-6-7-18(17(8-15)20(27)23-9-14(2)29-3)24-21(28)19-13-32-22(25-19)26-10-16(11-26)30-4/h6-8,13-14,16H,5,9-12H2,1-4H3,(H,23,27)(H,24,28)/t14-/m1/s1. The zero-order valence-electron chi connectivity index (χ0n) is 18.8. The Labute approximate surface area is 192 Å². The maximum absolute atomic E-state index is 12.8. The van der Waals surface area contributed by atoms with Gasteiger partial charge in [0, 0.05) is 45.8 Å². The molecule has 2 amide bonds. The lowest BCUT2D eigenvalue weighted by Gasteiger charge is -2.37. The summed E-state index contributed by atoms with van der Waals surface area (Å²) in [5.74, 6) is -0.666. The number of anilines is 2. The third-order valence-electron chi connectivity index (χ3n) is 5.18. The smallest absolute Gasteiger partial charge is 0.275 e. The average Bonchev–Trinajstić information content (AvgIpc) is 3.25. The molecule has 1 atom stereocenters. The van der Waals surface area contributed by atoms with Crippen LogP contribution in [0.2, 0.25) is 0 Å². The van der Waals surface area contributed by atoms with Crippen LogP contribution >= 0.6 is 11.3 Å². The minimum absolute atomic E-state index is 0.128. The van der Waals surface area contributed by atoms with E-state index in [4.69, 9.17) is 14.2 Å². The van der Waals surface area contributed by atoms with Gasteiger partial charge in [0.05, 0.1) is 30.1 Å². The van der Waals surface area contributed by atoms with Gasteiger partial charge >= 0.3 is 0 Å². The van der Waals surface area contributed by atoms with Gasteiger partial charge < -0.3 is 29.7 Å². The van der Waals surface area contributed by atoms with Gasteiger partial charge in [-0.3, -0.25) is 9.59 Å². The van der Waals surface area contributed by atoms with E-state index in [1.54, 1.807) is 31.7 Å². The number of thiazole rings is 1. The van der Waals surface area contributed by atoms with Gasteiger partial charge in [0.15, 0.2) is 5.13 Å². The number of hydrogen-bond acceptors (Lipinski definition) is 8. The number of rotatable bonds is 11. The lowest BCUT2D eigenvalue weighted by atomic mass is 10.1. The number of nitrogens with zero attached hydrogens (tertiary/aromatic N) is 2. The molecular formula is C22H30N4O5S. The summed E-state index contributed by atoms with van der Waals surface area (Å²) in [4.78, 5) is 32.2. The van der Waals surface area contributed by atoms with Crippen molar-refractivity contribution in [3.8, 4) is 0 Å². The van der Waals surface area contributed by atoms with Crippen molar-refractivity contribution in [2.45, 2.75) is 32.7 Å². The molecule has 0 unspecified atom stereocenters. The Balaban J connectivity index is 1.73. The molecule has 9 nitrogen and oxygen atoms in total. The predicted octanol–water partition coefficient (Wildman–Crippen LogP) is 2.53. The number of methoxy groups -OCH3 is 2. The number of carbonyl (C=O) groups is 2. The third-order valence-corrected chi connectivity index (χ3v) is 6.08. The molecule has 0 radical (unpaired) electrons. The van der Waals surface area contributed by atoms with Crippen LogP contribution in [0.3, 0.4) is 0 Å². The molecular weight excluding hydrogens is 432 g/mol. The molecule has 10 heteroatoms. The van der Waals surface area contributed by atoms with Crippen molar-refractivity contribution in [1.29, 1.82) is 0 Å². The van der Waals surface area contributed by atoms with E-state index < -0.39 is 0 Å². The molecule has 1 fully saturated rings. The molecule has 1 aromatic heterocycles. The fourth-order valence-electron chi connectivity index (χ4n) is 3.06. The monoisotopic (exact) mass is 462 g/mol. The van der Waals surface area contributed by atoms with Crippen molar-refractivity contribution in [3.05, 3.63) is 40.4 Å². The molecule has 32 heavy (non-hydrogen) atoms. The number of amides is 2. The van der Waals surface area contributed by atoms with Crippen molar-refractivity contribution in [2.24, 2.45) is 0 Å².